The summed E-state index contributed by atoms with van der Waals surface area (Å²) in [4.78, 5) is 4.41. The summed E-state index contributed by atoms with van der Waals surface area (Å²) in [5, 5.41) is 18.5. The Morgan fingerprint density at radius 1 is 0.923 bits per heavy atom. The van der Waals surface area contributed by atoms with Gasteiger partial charge in [0, 0.05) is 11.1 Å². The van der Waals surface area contributed by atoms with Crippen molar-refractivity contribution in [1.29, 1.82) is 10.5 Å². The maximum Gasteiger partial charge on any atom is 0.142 e. The lowest BCUT2D eigenvalue weighted by Crippen LogP contribution is -2.00. The molecular formula is C22H18N4. The van der Waals surface area contributed by atoms with Gasteiger partial charge in [-0.1, -0.05) is 49.7 Å². The number of nitrogens with two attached hydrogens (primary N) is 1. The summed E-state index contributed by atoms with van der Waals surface area (Å²) >= 11 is 0. The van der Waals surface area contributed by atoms with Crippen molar-refractivity contribution in [3.8, 4) is 34.5 Å². The van der Waals surface area contributed by atoms with Crippen LogP contribution in [0.4, 0.5) is 5.82 Å². The summed E-state index contributed by atoms with van der Waals surface area (Å²) in [6.07, 6.45) is 2.14. The number of anilines is 1. The van der Waals surface area contributed by atoms with E-state index in [1.165, 1.54) is 5.56 Å². The number of nitrogens with zero attached hydrogens (tertiary/aromatic N) is 3. The largest absolute Gasteiger partial charge is 0.383 e. The minimum Gasteiger partial charge on any atom is -0.383 e. The molecule has 0 amide bonds. The van der Waals surface area contributed by atoms with E-state index in [-0.39, 0.29) is 5.82 Å². The molecule has 0 fully saturated rings. The van der Waals surface area contributed by atoms with Crippen molar-refractivity contribution in [2.45, 2.75) is 19.8 Å². The second kappa shape index (κ2) is 7.51. The third-order valence-electron chi connectivity index (χ3n) is 4.27. The van der Waals surface area contributed by atoms with Crippen molar-refractivity contribution in [3.05, 3.63) is 71.3 Å². The van der Waals surface area contributed by atoms with Crippen LogP contribution in [-0.4, -0.2) is 4.98 Å². The zero-order valence-electron chi connectivity index (χ0n) is 14.5. The molecule has 0 spiro atoms. The second-order valence-electron chi connectivity index (χ2n) is 6.06. The Balaban J connectivity index is 2.09. The van der Waals surface area contributed by atoms with Crippen molar-refractivity contribution in [2.24, 2.45) is 0 Å². The second-order valence-corrected chi connectivity index (χ2v) is 6.06. The molecule has 126 valence electrons. The maximum absolute atomic E-state index is 9.50. The van der Waals surface area contributed by atoms with Gasteiger partial charge in [-0.3, -0.25) is 0 Å². The van der Waals surface area contributed by atoms with E-state index in [0.717, 1.165) is 35.2 Å². The van der Waals surface area contributed by atoms with Gasteiger partial charge in [-0.25, -0.2) is 4.98 Å². The van der Waals surface area contributed by atoms with Crippen LogP contribution in [-0.2, 0) is 6.42 Å². The molecule has 0 aliphatic carbocycles. The first-order chi connectivity index (χ1) is 12.7. The molecule has 3 rings (SSSR count). The molecule has 2 aromatic carbocycles. The SMILES string of the molecule is CCCc1ccc(-c2cc(-c3ccc(C#N)cc3)c(C#N)c(N)n2)cc1. The Hall–Kier alpha value is -3.63. The van der Waals surface area contributed by atoms with Gasteiger partial charge < -0.3 is 5.73 Å². The Kier molecular flexibility index (Phi) is 4.97. The molecule has 0 atom stereocenters. The zero-order valence-corrected chi connectivity index (χ0v) is 14.5. The highest BCUT2D eigenvalue weighted by Gasteiger charge is 2.13. The van der Waals surface area contributed by atoms with Crippen LogP contribution in [0.3, 0.4) is 0 Å². The van der Waals surface area contributed by atoms with Gasteiger partial charge in [0.15, 0.2) is 0 Å². The number of pyridine rings is 1. The lowest BCUT2D eigenvalue weighted by atomic mass is 9.97. The Morgan fingerprint density at radius 2 is 1.58 bits per heavy atom. The summed E-state index contributed by atoms with van der Waals surface area (Å²) in [6, 6.07) is 21.5. The van der Waals surface area contributed by atoms with Crippen LogP contribution in [0.5, 0.6) is 0 Å². The molecule has 0 aliphatic heterocycles. The maximum atomic E-state index is 9.50. The fourth-order valence-corrected chi connectivity index (χ4v) is 2.91. The zero-order chi connectivity index (χ0) is 18.5. The van der Waals surface area contributed by atoms with Crippen molar-refractivity contribution in [2.75, 3.05) is 5.73 Å². The van der Waals surface area contributed by atoms with Crippen LogP contribution < -0.4 is 5.73 Å². The number of rotatable bonds is 4. The third-order valence-corrected chi connectivity index (χ3v) is 4.27. The molecule has 0 radical (unpaired) electrons. The minimum absolute atomic E-state index is 0.210. The van der Waals surface area contributed by atoms with E-state index in [1.807, 2.05) is 30.3 Å². The van der Waals surface area contributed by atoms with Crippen molar-refractivity contribution >= 4 is 5.82 Å². The van der Waals surface area contributed by atoms with E-state index < -0.39 is 0 Å². The molecule has 4 heteroatoms. The standard InChI is InChI=1S/C22H18N4/c1-2-3-15-4-10-18(11-5-15)21-12-19(20(14-24)22(25)26-21)17-8-6-16(13-23)7-9-17/h4-12H,2-3H2,1H3,(H2,25,26). The summed E-state index contributed by atoms with van der Waals surface area (Å²) in [5.74, 6) is 0.210. The highest BCUT2D eigenvalue weighted by atomic mass is 14.8. The van der Waals surface area contributed by atoms with E-state index in [2.05, 4.69) is 36.2 Å². The topological polar surface area (TPSA) is 86.5 Å². The molecule has 2 N–H and O–H groups in total. The fraction of sp³-hybridized carbons (Fsp3) is 0.136. The van der Waals surface area contributed by atoms with Crippen molar-refractivity contribution in [3.63, 3.8) is 0 Å². The Bertz CT molecular complexity index is 1000. The number of nitriles is 2. The van der Waals surface area contributed by atoms with Gasteiger partial charge >= 0.3 is 0 Å². The average molecular weight is 338 g/mol. The van der Waals surface area contributed by atoms with Crippen LogP contribution in [0, 0.1) is 22.7 Å². The number of hydrogen-bond donors (Lipinski definition) is 1. The normalized spacial score (nSPS) is 10.1. The number of hydrogen-bond acceptors (Lipinski definition) is 4. The molecule has 0 bridgehead atoms. The molecule has 1 heterocycles. The molecule has 1 aromatic heterocycles. The summed E-state index contributed by atoms with van der Waals surface area (Å²) in [5.41, 5.74) is 11.5. The first-order valence-corrected chi connectivity index (χ1v) is 8.46. The first-order valence-electron chi connectivity index (χ1n) is 8.46. The molecular weight excluding hydrogens is 320 g/mol. The summed E-state index contributed by atoms with van der Waals surface area (Å²) in [6.45, 7) is 2.15. The number of nitrogen functional groups attached to an aromatic ring is 1. The summed E-state index contributed by atoms with van der Waals surface area (Å²) < 4.78 is 0. The van der Waals surface area contributed by atoms with E-state index in [9.17, 15) is 5.26 Å². The first kappa shape index (κ1) is 17.2. The molecule has 0 saturated heterocycles. The van der Waals surface area contributed by atoms with Gasteiger partial charge in [0.25, 0.3) is 0 Å². The van der Waals surface area contributed by atoms with Crippen LogP contribution >= 0.6 is 0 Å². The van der Waals surface area contributed by atoms with Gasteiger partial charge in [-0.05, 0) is 35.7 Å². The molecule has 0 aliphatic rings. The monoisotopic (exact) mass is 338 g/mol. The third kappa shape index (κ3) is 3.41. The van der Waals surface area contributed by atoms with E-state index in [0.29, 0.717) is 11.1 Å². The van der Waals surface area contributed by atoms with Crippen LogP contribution in [0.25, 0.3) is 22.4 Å². The van der Waals surface area contributed by atoms with Gasteiger partial charge in [-0.15, -0.1) is 0 Å². The van der Waals surface area contributed by atoms with Gasteiger partial charge in [0.2, 0.25) is 0 Å². The molecule has 3 aromatic rings. The smallest absolute Gasteiger partial charge is 0.142 e. The highest BCUT2D eigenvalue weighted by Crippen LogP contribution is 2.31. The van der Waals surface area contributed by atoms with Gasteiger partial charge in [0.05, 0.1) is 17.3 Å². The number of benzene rings is 2. The number of aryl methyl sites for hydroxylation is 1. The molecule has 26 heavy (non-hydrogen) atoms. The van der Waals surface area contributed by atoms with Crippen molar-refractivity contribution in [1.82, 2.24) is 4.98 Å². The molecule has 0 unspecified atom stereocenters. The van der Waals surface area contributed by atoms with Crippen LogP contribution in [0.15, 0.2) is 54.6 Å². The number of aromatic nitrogens is 1. The van der Waals surface area contributed by atoms with E-state index >= 15 is 0 Å². The van der Waals surface area contributed by atoms with Crippen molar-refractivity contribution < 1.29 is 0 Å². The van der Waals surface area contributed by atoms with Crippen LogP contribution in [0.2, 0.25) is 0 Å². The quantitative estimate of drug-likeness (QED) is 0.747. The van der Waals surface area contributed by atoms with Gasteiger partial charge in [0.1, 0.15) is 17.5 Å². The van der Waals surface area contributed by atoms with E-state index in [1.54, 1.807) is 12.1 Å². The molecule has 0 saturated carbocycles. The lowest BCUT2D eigenvalue weighted by molar-refractivity contribution is 0.922. The van der Waals surface area contributed by atoms with Crippen LogP contribution in [0.1, 0.15) is 30.0 Å². The molecule has 4 nitrogen and oxygen atoms in total. The Morgan fingerprint density at radius 3 is 2.15 bits per heavy atom. The lowest BCUT2D eigenvalue weighted by Gasteiger charge is -2.11. The fourth-order valence-electron chi connectivity index (χ4n) is 2.91. The van der Waals surface area contributed by atoms with E-state index in [4.69, 9.17) is 11.0 Å². The highest BCUT2D eigenvalue weighted by molar-refractivity contribution is 5.80. The Labute approximate surface area is 153 Å². The predicted molar refractivity (Wildman–Crippen MR) is 103 cm³/mol. The average Bonchev–Trinajstić information content (AvgIpc) is 2.68. The predicted octanol–water partition coefficient (Wildman–Crippen LogP) is 4.69. The summed E-state index contributed by atoms with van der Waals surface area (Å²) in [7, 11) is 0. The van der Waals surface area contributed by atoms with Gasteiger partial charge in [-0.2, -0.15) is 10.5 Å². The minimum atomic E-state index is 0.210.